The molecule has 3 N–H and O–H groups in total. The molecule has 1 heterocycles. The number of hydrogen-bond acceptors (Lipinski definition) is 5. The van der Waals surface area contributed by atoms with Crippen LogP contribution in [0.3, 0.4) is 0 Å². The lowest BCUT2D eigenvalue weighted by atomic mass is 10.0. The number of methoxy groups -OCH3 is 1. The summed E-state index contributed by atoms with van der Waals surface area (Å²) >= 11 is 0. The molecule has 1 aromatic carbocycles. The molecule has 0 spiro atoms. The number of aromatic hydroxyl groups is 1. The highest BCUT2D eigenvalue weighted by Gasteiger charge is 2.41. The van der Waals surface area contributed by atoms with Crippen LogP contribution in [0.15, 0.2) is 24.3 Å². The fraction of sp³-hybridized carbons (Fsp3) is 0.429. The van der Waals surface area contributed by atoms with E-state index in [2.05, 4.69) is 0 Å². The number of nitrogens with zero attached hydrogens (tertiary/aromatic N) is 1. The maximum Gasteiger partial charge on any atom is 0.328 e. The van der Waals surface area contributed by atoms with Crippen LogP contribution in [0.2, 0.25) is 0 Å². The van der Waals surface area contributed by atoms with Crippen LogP contribution in [-0.4, -0.2) is 41.6 Å². The quantitative estimate of drug-likeness (QED) is 0.788. The first-order valence-electron chi connectivity index (χ1n) is 6.46. The highest BCUT2D eigenvalue weighted by Crippen LogP contribution is 2.37. The molecule has 6 nitrogen and oxygen atoms in total. The molecule has 1 unspecified atom stereocenters. The molecule has 2 atom stereocenters. The fourth-order valence-electron chi connectivity index (χ4n) is 2.69. The van der Waals surface area contributed by atoms with Crippen LogP contribution in [0.5, 0.6) is 5.75 Å². The summed E-state index contributed by atoms with van der Waals surface area (Å²) < 4.78 is 4.74. The Labute approximate surface area is 117 Å². The van der Waals surface area contributed by atoms with Crippen LogP contribution in [0.25, 0.3) is 0 Å². The number of hydrogen-bond donors (Lipinski definition) is 2. The third-order valence-corrected chi connectivity index (χ3v) is 3.58. The number of benzene rings is 1. The molecule has 1 aromatic rings. The largest absolute Gasteiger partial charge is 0.508 e. The van der Waals surface area contributed by atoms with E-state index in [4.69, 9.17) is 10.5 Å². The first-order chi connectivity index (χ1) is 9.58. The third-order valence-electron chi connectivity index (χ3n) is 3.58. The standard InChI is InChI=1S/C14H18N2O4/c1-20-14(19)12-6-5-11(16(12)13(18)8-15)9-3-2-4-10(17)7-9/h2-4,7,11-12,17H,5-6,8,15H2,1H3/t11?,12-/m0/s1. The van der Waals surface area contributed by atoms with Crippen LogP contribution < -0.4 is 5.73 Å². The van der Waals surface area contributed by atoms with E-state index in [1.807, 2.05) is 6.07 Å². The summed E-state index contributed by atoms with van der Waals surface area (Å²) in [6.45, 7) is -0.164. The first-order valence-corrected chi connectivity index (χ1v) is 6.46. The van der Waals surface area contributed by atoms with Crippen molar-refractivity contribution in [2.45, 2.75) is 24.9 Å². The van der Waals surface area contributed by atoms with Gasteiger partial charge in [0.2, 0.25) is 5.91 Å². The number of amides is 1. The van der Waals surface area contributed by atoms with Crippen molar-refractivity contribution < 1.29 is 19.4 Å². The van der Waals surface area contributed by atoms with Crippen LogP contribution in [0.1, 0.15) is 24.4 Å². The van der Waals surface area contributed by atoms with Gasteiger partial charge in [-0.3, -0.25) is 4.79 Å². The minimum absolute atomic E-state index is 0.129. The van der Waals surface area contributed by atoms with Gasteiger partial charge in [0.25, 0.3) is 0 Å². The van der Waals surface area contributed by atoms with Gasteiger partial charge in [-0.1, -0.05) is 12.1 Å². The minimum Gasteiger partial charge on any atom is -0.508 e. The summed E-state index contributed by atoms with van der Waals surface area (Å²) in [5, 5.41) is 9.56. The summed E-state index contributed by atoms with van der Waals surface area (Å²) in [4.78, 5) is 25.3. The van der Waals surface area contributed by atoms with Gasteiger partial charge in [0, 0.05) is 0 Å². The zero-order valence-electron chi connectivity index (χ0n) is 11.3. The van der Waals surface area contributed by atoms with Crippen LogP contribution >= 0.6 is 0 Å². The van der Waals surface area contributed by atoms with E-state index >= 15 is 0 Å². The van der Waals surface area contributed by atoms with Crippen molar-refractivity contribution in [1.29, 1.82) is 0 Å². The summed E-state index contributed by atoms with van der Waals surface area (Å²) in [6.07, 6.45) is 1.16. The van der Waals surface area contributed by atoms with Crippen LogP contribution in [0.4, 0.5) is 0 Å². The number of nitrogens with two attached hydrogens (primary N) is 1. The highest BCUT2D eigenvalue weighted by molar-refractivity contribution is 5.86. The Kier molecular flexibility index (Phi) is 4.24. The number of carbonyl (C=O) groups is 2. The van der Waals surface area contributed by atoms with Crippen LogP contribution in [0, 0.1) is 0 Å². The second-order valence-corrected chi connectivity index (χ2v) is 4.73. The molecule has 0 radical (unpaired) electrons. The van der Waals surface area contributed by atoms with Gasteiger partial charge in [-0.2, -0.15) is 0 Å². The topological polar surface area (TPSA) is 92.9 Å². The van der Waals surface area contributed by atoms with Crippen LogP contribution in [-0.2, 0) is 14.3 Å². The monoisotopic (exact) mass is 278 g/mol. The molecular weight excluding hydrogens is 260 g/mol. The number of carbonyl (C=O) groups excluding carboxylic acids is 2. The highest BCUT2D eigenvalue weighted by atomic mass is 16.5. The molecule has 1 saturated heterocycles. The van der Waals surface area contributed by atoms with Crippen molar-refractivity contribution in [2.24, 2.45) is 5.73 Å². The molecule has 20 heavy (non-hydrogen) atoms. The predicted octanol–water partition coefficient (Wildman–Crippen LogP) is 0.556. The van der Waals surface area contributed by atoms with E-state index in [1.54, 1.807) is 18.2 Å². The number of phenols is 1. The molecule has 0 aromatic heterocycles. The molecule has 1 aliphatic rings. The average Bonchev–Trinajstić information content (AvgIpc) is 2.90. The molecule has 6 heteroatoms. The number of esters is 1. The summed E-state index contributed by atoms with van der Waals surface area (Å²) in [5.74, 6) is -0.607. The van der Waals surface area contributed by atoms with E-state index in [9.17, 15) is 14.7 Å². The van der Waals surface area contributed by atoms with Crippen molar-refractivity contribution in [3.05, 3.63) is 29.8 Å². The Morgan fingerprint density at radius 3 is 2.80 bits per heavy atom. The maximum atomic E-state index is 12.0. The van der Waals surface area contributed by atoms with Gasteiger partial charge in [-0.15, -0.1) is 0 Å². The molecule has 1 aliphatic heterocycles. The molecule has 0 bridgehead atoms. The Bertz CT molecular complexity index is 518. The number of likely N-dealkylation sites (tertiary alicyclic amines) is 1. The average molecular weight is 278 g/mol. The molecular formula is C14H18N2O4. The number of rotatable bonds is 3. The molecule has 0 saturated carbocycles. The minimum atomic E-state index is -0.608. The van der Waals surface area contributed by atoms with Gasteiger partial charge in [-0.05, 0) is 30.5 Å². The van der Waals surface area contributed by atoms with Crippen molar-refractivity contribution in [1.82, 2.24) is 4.90 Å². The fourth-order valence-corrected chi connectivity index (χ4v) is 2.69. The van der Waals surface area contributed by atoms with Crippen molar-refractivity contribution in [2.75, 3.05) is 13.7 Å². The predicted molar refractivity (Wildman–Crippen MR) is 71.8 cm³/mol. The van der Waals surface area contributed by atoms with Gasteiger partial charge in [0.1, 0.15) is 11.8 Å². The Morgan fingerprint density at radius 1 is 1.45 bits per heavy atom. The normalized spacial score (nSPS) is 21.8. The molecule has 108 valence electrons. The van der Waals surface area contributed by atoms with Gasteiger partial charge < -0.3 is 20.5 Å². The van der Waals surface area contributed by atoms with E-state index in [-0.39, 0.29) is 24.2 Å². The zero-order valence-corrected chi connectivity index (χ0v) is 11.3. The summed E-state index contributed by atoms with van der Waals surface area (Å²) in [6, 6.07) is 5.82. The lowest BCUT2D eigenvalue weighted by Crippen LogP contribution is -2.45. The maximum absolute atomic E-state index is 12.0. The van der Waals surface area contributed by atoms with E-state index < -0.39 is 12.0 Å². The van der Waals surface area contributed by atoms with Crippen molar-refractivity contribution >= 4 is 11.9 Å². The molecule has 1 fully saturated rings. The van der Waals surface area contributed by atoms with Gasteiger partial charge in [0.15, 0.2) is 0 Å². The van der Waals surface area contributed by atoms with Crippen molar-refractivity contribution in [3.8, 4) is 5.75 Å². The Balaban J connectivity index is 2.33. The molecule has 2 rings (SSSR count). The summed E-state index contributed by atoms with van der Waals surface area (Å²) in [7, 11) is 1.30. The lowest BCUT2D eigenvalue weighted by Gasteiger charge is -2.29. The van der Waals surface area contributed by atoms with E-state index in [0.29, 0.717) is 12.8 Å². The third kappa shape index (κ3) is 2.60. The van der Waals surface area contributed by atoms with E-state index in [0.717, 1.165) is 5.56 Å². The lowest BCUT2D eigenvalue weighted by molar-refractivity contribution is -0.151. The number of phenolic OH excluding ortho intramolecular Hbond substituents is 1. The zero-order chi connectivity index (χ0) is 14.7. The van der Waals surface area contributed by atoms with Gasteiger partial charge >= 0.3 is 5.97 Å². The van der Waals surface area contributed by atoms with E-state index in [1.165, 1.54) is 12.0 Å². The summed E-state index contributed by atoms with van der Waals surface area (Å²) in [5.41, 5.74) is 6.22. The Morgan fingerprint density at radius 2 is 2.20 bits per heavy atom. The molecule has 1 amide bonds. The second-order valence-electron chi connectivity index (χ2n) is 4.73. The SMILES string of the molecule is COC(=O)[C@@H]1CCC(c2cccc(O)c2)N1C(=O)CN. The smallest absolute Gasteiger partial charge is 0.328 e. The van der Waals surface area contributed by atoms with Gasteiger partial charge in [0.05, 0.1) is 19.7 Å². The van der Waals surface area contributed by atoms with Gasteiger partial charge in [-0.25, -0.2) is 4.79 Å². The first kappa shape index (κ1) is 14.3. The Hall–Kier alpha value is -2.08. The second kappa shape index (κ2) is 5.92. The molecule has 0 aliphatic carbocycles. The number of ether oxygens (including phenoxy) is 1. The van der Waals surface area contributed by atoms with Crippen molar-refractivity contribution in [3.63, 3.8) is 0 Å².